The molecule has 96 valence electrons. The van der Waals surface area contributed by atoms with E-state index in [0.717, 1.165) is 30.1 Å². The second kappa shape index (κ2) is 4.55. The lowest BCUT2D eigenvalue weighted by atomic mass is 9.51. The molecule has 0 saturated heterocycles. The molecule has 4 aliphatic carbocycles. The number of carbonyl (C=O) groups is 1. The van der Waals surface area contributed by atoms with Crippen LogP contribution in [-0.2, 0) is 4.79 Å². The van der Waals surface area contributed by atoms with Crippen molar-refractivity contribution in [2.45, 2.75) is 44.6 Å². The van der Waals surface area contributed by atoms with E-state index in [9.17, 15) is 4.79 Å². The minimum atomic E-state index is -0.310. The van der Waals surface area contributed by atoms with Crippen LogP contribution in [0.2, 0.25) is 0 Å². The standard InChI is InChI=1S/C14H22ClNO/c15-7-14(17)13(16)6-12-10-2-8-1-9(4-10)5-11(12)3-8/h8-13H,1-7,16H2. The normalized spacial score (nSPS) is 44.9. The number of nitrogens with two attached hydrogens (primary N) is 1. The van der Waals surface area contributed by atoms with Gasteiger partial charge < -0.3 is 5.73 Å². The number of halogens is 1. The van der Waals surface area contributed by atoms with Crippen LogP contribution in [0.15, 0.2) is 0 Å². The maximum absolute atomic E-state index is 11.5. The molecular weight excluding hydrogens is 234 g/mol. The van der Waals surface area contributed by atoms with Gasteiger partial charge in [-0.15, -0.1) is 11.6 Å². The van der Waals surface area contributed by atoms with E-state index in [-0.39, 0.29) is 17.7 Å². The Bertz CT molecular complexity index is 289. The van der Waals surface area contributed by atoms with E-state index in [2.05, 4.69) is 0 Å². The zero-order chi connectivity index (χ0) is 12.0. The number of ketones is 1. The van der Waals surface area contributed by atoms with Crippen LogP contribution in [0.3, 0.4) is 0 Å². The highest BCUT2D eigenvalue weighted by Gasteiger charge is 2.48. The predicted molar refractivity (Wildman–Crippen MR) is 68.9 cm³/mol. The van der Waals surface area contributed by atoms with E-state index in [1.54, 1.807) is 0 Å². The van der Waals surface area contributed by atoms with Gasteiger partial charge in [0.05, 0.1) is 11.9 Å². The fourth-order valence-electron chi connectivity index (χ4n) is 4.95. The van der Waals surface area contributed by atoms with Crippen molar-refractivity contribution in [2.24, 2.45) is 35.3 Å². The zero-order valence-corrected chi connectivity index (χ0v) is 11.0. The molecule has 0 aromatic carbocycles. The Morgan fingerprint density at radius 2 is 1.65 bits per heavy atom. The highest BCUT2D eigenvalue weighted by Crippen LogP contribution is 2.57. The van der Waals surface area contributed by atoms with Gasteiger partial charge in [-0.2, -0.15) is 0 Å². The van der Waals surface area contributed by atoms with Gasteiger partial charge in [-0.3, -0.25) is 4.79 Å². The van der Waals surface area contributed by atoms with E-state index >= 15 is 0 Å². The quantitative estimate of drug-likeness (QED) is 0.785. The van der Waals surface area contributed by atoms with Crippen LogP contribution in [0.5, 0.6) is 0 Å². The first-order valence-electron chi connectivity index (χ1n) is 7.01. The molecule has 4 bridgehead atoms. The third-order valence-electron chi connectivity index (χ3n) is 5.49. The van der Waals surface area contributed by atoms with Crippen molar-refractivity contribution >= 4 is 17.4 Å². The Morgan fingerprint density at radius 3 is 2.12 bits per heavy atom. The summed E-state index contributed by atoms with van der Waals surface area (Å²) in [7, 11) is 0. The van der Waals surface area contributed by atoms with Gasteiger partial charge >= 0.3 is 0 Å². The maximum Gasteiger partial charge on any atom is 0.164 e. The predicted octanol–water partition coefficient (Wildman–Crippen LogP) is 2.58. The average molecular weight is 256 g/mol. The monoisotopic (exact) mass is 255 g/mol. The van der Waals surface area contributed by atoms with Crippen molar-refractivity contribution in [3.63, 3.8) is 0 Å². The molecule has 0 heterocycles. The largest absolute Gasteiger partial charge is 0.321 e. The summed E-state index contributed by atoms with van der Waals surface area (Å²) in [5, 5.41) is 0. The van der Waals surface area contributed by atoms with Crippen LogP contribution in [0, 0.1) is 29.6 Å². The Morgan fingerprint density at radius 1 is 1.12 bits per heavy atom. The molecule has 3 heteroatoms. The van der Waals surface area contributed by atoms with Crippen molar-refractivity contribution < 1.29 is 4.79 Å². The molecule has 0 amide bonds. The van der Waals surface area contributed by atoms with Crippen LogP contribution in [0.4, 0.5) is 0 Å². The van der Waals surface area contributed by atoms with Crippen LogP contribution >= 0.6 is 11.6 Å². The molecular formula is C14H22ClNO. The number of rotatable bonds is 4. The Kier molecular flexibility index (Phi) is 3.20. The topological polar surface area (TPSA) is 43.1 Å². The zero-order valence-electron chi connectivity index (χ0n) is 10.3. The summed E-state index contributed by atoms with van der Waals surface area (Å²) in [4.78, 5) is 11.5. The first kappa shape index (κ1) is 12.0. The third-order valence-corrected chi connectivity index (χ3v) is 5.76. The lowest BCUT2D eigenvalue weighted by Crippen LogP contribution is -2.48. The van der Waals surface area contributed by atoms with E-state index in [4.69, 9.17) is 17.3 Å². The molecule has 17 heavy (non-hydrogen) atoms. The summed E-state index contributed by atoms with van der Waals surface area (Å²) in [6.45, 7) is 0. The van der Waals surface area contributed by atoms with Crippen molar-refractivity contribution in [1.29, 1.82) is 0 Å². The Hall–Kier alpha value is -0.0800. The number of carbonyl (C=O) groups excluding carboxylic acids is 1. The van der Waals surface area contributed by atoms with Gasteiger partial charge in [-0.25, -0.2) is 0 Å². The summed E-state index contributed by atoms with van der Waals surface area (Å²) in [6.07, 6.45) is 7.98. The highest BCUT2D eigenvalue weighted by molar-refractivity contribution is 6.28. The van der Waals surface area contributed by atoms with Gasteiger partial charge in [0, 0.05) is 0 Å². The number of Topliss-reactive ketones (excluding diaryl/α,β-unsaturated/α-hetero) is 1. The van der Waals surface area contributed by atoms with Crippen LogP contribution in [-0.4, -0.2) is 17.7 Å². The fraction of sp³-hybridized carbons (Fsp3) is 0.929. The van der Waals surface area contributed by atoms with E-state index in [1.165, 1.54) is 32.1 Å². The summed E-state index contributed by atoms with van der Waals surface area (Å²) in [5.41, 5.74) is 5.97. The Labute approximate surface area is 108 Å². The van der Waals surface area contributed by atoms with Gasteiger partial charge in [-0.05, 0) is 68.1 Å². The summed E-state index contributed by atoms with van der Waals surface area (Å²) < 4.78 is 0. The van der Waals surface area contributed by atoms with Gasteiger partial charge in [-0.1, -0.05) is 0 Å². The molecule has 1 atom stereocenters. The minimum absolute atomic E-state index is 0.0282. The van der Waals surface area contributed by atoms with Gasteiger partial charge in [0.15, 0.2) is 5.78 Å². The van der Waals surface area contributed by atoms with Gasteiger partial charge in [0.2, 0.25) is 0 Å². The molecule has 4 saturated carbocycles. The second-order valence-electron chi connectivity index (χ2n) is 6.54. The lowest BCUT2D eigenvalue weighted by molar-refractivity contribution is -0.119. The van der Waals surface area contributed by atoms with Gasteiger partial charge in [0.25, 0.3) is 0 Å². The van der Waals surface area contributed by atoms with Crippen molar-refractivity contribution in [3.8, 4) is 0 Å². The van der Waals surface area contributed by atoms with Crippen molar-refractivity contribution in [3.05, 3.63) is 0 Å². The van der Waals surface area contributed by atoms with E-state index in [0.29, 0.717) is 5.92 Å². The first-order chi connectivity index (χ1) is 8.17. The summed E-state index contributed by atoms with van der Waals surface area (Å²) in [5.74, 6) is 4.53. The molecule has 2 nitrogen and oxygen atoms in total. The van der Waals surface area contributed by atoms with E-state index in [1.807, 2.05) is 0 Å². The number of hydrogen-bond acceptors (Lipinski definition) is 2. The molecule has 0 aliphatic heterocycles. The third kappa shape index (κ3) is 2.15. The smallest absolute Gasteiger partial charge is 0.164 e. The summed E-state index contributed by atoms with van der Waals surface area (Å²) >= 11 is 5.59. The van der Waals surface area contributed by atoms with Crippen molar-refractivity contribution in [1.82, 2.24) is 0 Å². The average Bonchev–Trinajstić information content (AvgIpc) is 2.31. The number of hydrogen-bond donors (Lipinski definition) is 1. The van der Waals surface area contributed by atoms with Crippen LogP contribution in [0.1, 0.15) is 38.5 Å². The maximum atomic E-state index is 11.5. The first-order valence-corrected chi connectivity index (χ1v) is 7.55. The van der Waals surface area contributed by atoms with Crippen LogP contribution < -0.4 is 5.73 Å². The molecule has 0 aromatic rings. The lowest BCUT2D eigenvalue weighted by Gasteiger charge is -2.55. The van der Waals surface area contributed by atoms with Crippen LogP contribution in [0.25, 0.3) is 0 Å². The molecule has 0 spiro atoms. The van der Waals surface area contributed by atoms with E-state index < -0.39 is 0 Å². The molecule has 0 radical (unpaired) electrons. The number of alkyl halides is 1. The fourth-order valence-corrected chi connectivity index (χ4v) is 5.14. The second-order valence-corrected chi connectivity index (χ2v) is 6.80. The molecule has 1 unspecified atom stereocenters. The SMILES string of the molecule is NC(CC1C2CC3CC(C2)CC1C3)C(=O)CCl. The molecule has 4 rings (SSSR count). The summed E-state index contributed by atoms with van der Waals surface area (Å²) in [6, 6.07) is -0.310. The van der Waals surface area contributed by atoms with Crippen molar-refractivity contribution in [2.75, 3.05) is 5.88 Å². The molecule has 4 fully saturated rings. The molecule has 4 aliphatic rings. The highest BCUT2D eigenvalue weighted by atomic mass is 35.5. The van der Waals surface area contributed by atoms with Gasteiger partial charge in [0.1, 0.15) is 0 Å². The molecule has 0 aromatic heterocycles. The minimum Gasteiger partial charge on any atom is -0.321 e. The molecule has 2 N–H and O–H groups in total. The Balaban J connectivity index is 1.66.